The Balaban J connectivity index is 1.87. The molecular weight excluding hydrogens is 324 g/mol. The van der Waals surface area contributed by atoms with Crippen LogP contribution in [0.3, 0.4) is 0 Å². The van der Waals surface area contributed by atoms with E-state index in [4.69, 9.17) is 4.74 Å². The predicted octanol–water partition coefficient (Wildman–Crippen LogP) is 5.17. The molecule has 0 spiro atoms. The zero-order valence-electron chi connectivity index (χ0n) is 15.4. The van der Waals surface area contributed by atoms with Gasteiger partial charge in [0, 0.05) is 24.8 Å². The molecule has 0 atom stereocenters. The van der Waals surface area contributed by atoms with Crippen molar-refractivity contribution in [2.45, 2.75) is 20.8 Å². The van der Waals surface area contributed by atoms with Crippen molar-refractivity contribution in [3.05, 3.63) is 66.4 Å². The van der Waals surface area contributed by atoms with Gasteiger partial charge in [0.1, 0.15) is 11.6 Å². The fourth-order valence-corrected chi connectivity index (χ4v) is 2.68. The normalized spacial score (nSPS) is 10.4. The second kappa shape index (κ2) is 8.34. The Labute approximate surface area is 154 Å². The highest BCUT2D eigenvalue weighted by atomic mass is 16.5. The molecule has 0 aliphatic heterocycles. The van der Waals surface area contributed by atoms with E-state index in [2.05, 4.69) is 34.0 Å². The van der Waals surface area contributed by atoms with Crippen molar-refractivity contribution < 1.29 is 4.74 Å². The van der Waals surface area contributed by atoms with Crippen LogP contribution in [-0.2, 0) is 0 Å². The number of hydrogen-bond acceptors (Lipinski definition) is 5. The van der Waals surface area contributed by atoms with Crippen molar-refractivity contribution >= 4 is 17.5 Å². The van der Waals surface area contributed by atoms with Crippen molar-refractivity contribution in [1.29, 1.82) is 0 Å². The van der Waals surface area contributed by atoms with Gasteiger partial charge in [-0.3, -0.25) is 0 Å². The number of nitrogens with zero attached hydrogens (tertiary/aromatic N) is 3. The largest absolute Gasteiger partial charge is 0.455 e. The van der Waals surface area contributed by atoms with E-state index in [1.807, 2.05) is 67.6 Å². The molecule has 5 nitrogen and oxygen atoms in total. The smallest absolute Gasteiger partial charge is 0.227 e. The number of anilines is 3. The van der Waals surface area contributed by atoms with E-state index >= 15 is 0 Å². The molecule has 1 heterocycles. The highest BCUT2D eigenvalue weighted by Gasteiger charge is 2.10. The van der Waals surface area contributed by atoms with Crippen LogP contribution in [0.15, 0.2) is 60.7 Å². The number of aryl methyl sites for hydroxylation is 1. The summed E-state index contributed by atoms with van der Waals surface area (Å²) in [6.45, 7) is 7.92. The van der Waals surface area contributed by atoms with E-state index in [9.17, 15) is 0 Å². The molecule has 0 amide bonds. The molecule has 0 aliphatic rings. The standard InChI is InChI=1S/C21H24N4O/c1-4-25(5-2)21-22-16(3)15-20(24-21)23-18-13-9-10-14-19(18)26-17-11-7-6-8-12-17/h6-15H,4-5H2,1-3H3,(H,22,23,24). The molecule has 1 aromatic heterocycles. The third-order valence-corrected chi connectivity index (χ3v) is 4.01. The van der Waals surface area contributed by atoms with E-state index in [1.54, 1.807) is 0 Å². The lowest BCUT2D eigenvalue weighted by molar-refractivity contribution is 0.485. The van der Waals surface area contributed by atoms with Crippen LogP contribution in [0.4, 0.5) is 17.5 Å². The Morgan fingerprint density at radius 2 is 1.62 bits per heavy atom. The summed E-state index contributed by atoms with van der Waals surface area (Å²) in [6, 6.07) is 19.5. The highest BCUT2D eigenvalue weighted by molar-refractivity contribution is 5.65. The summed E-state index contributed by atoms with van der Waals surface area (Å²) in [7, 11) is 0. The van der Waals surface area contributed by atoms with Gasteiger partial charge in [0.2, 0.25) is 5.95 Å². The first-order valence-electron chi connectivity index (χ1n) is 8.89. The molecule has 134 valence electrons. The predicted molar refractivity (Wildman–Crippen MR) is 107 cm³/mol. The van der Waals surface area contributed by atoms with Crippen molar-refractivity contribution in [2.24, 2.45) is 0 Å². The van der Waals surface area contributed by atoms with Gasteiger partial charge in [-0.05, 0) is 45.0 Å². The molecule has 0 bridgehead atoms. The molecule has 2 aromatic carbocycles. The van der Waals surface area contributed by atoms with Gasteiger partial charge >= 0.3 is 0 Å². The van der Waals surface area contributed by atoms with Crippen LogP contribution in [-0.4, -0.2) is 23.1 Å². The maximum atomic E-state index is 6.02. The second-order valence-corrected chi connectivity index (χ2v) is 5.90. The maximum absolute atomic E-state index is 6.02. The Morgan fingerprint density at radius 1 is 0.923 bits per heavy atom. The van der Waals surface area contributed by atoms with Crippen LogP contribution in [0.1, 0.15) is 19.5 Å². The first-order chi connectivity index (χ1) is 12.7. The summed E-state index contributed by atoms with van der Waals surface area (Å²) in [5, 5.41) is 3.37. The van der Waals surface area contributed by atoms with Gasteiger partial charge in [-0.15, -0.1) is 0 Å². The van der Waals surface area contributed by atoms with Crippen LogP contribution in [0, 0.1) is 6.92 Å². The van der Waals surface area contributed by atoms with Gasteiger partial charge in [-0.1, -0.05) is 30.3 Å². The fourth-order valence-electron chi connectivity index (χ4n) is 2.68. The lowest BCUT2D eigenvalue weighted by Gasteiger charge is -2.20. The summed E-state index contributed by atoms with van der Waals surface area (Å²) < 4.78 is 6.02. The molecule has 1 N–H and O–H groups in total. The van der Waals surface area contributed by atoms with E-state index < -0.39 is 0 Å². The molecule has 0 aliphatic carbocycles. The average molecular weight is 348 g/mol. The molecule has 5 heteroatoms. The summed E-state index contributed by atoms with van der Waals surface area (Å²) in [4.78, 5) is 11.3. The summed E-state index contributed by atoms with van der Waals surface area (Å²) in [6.07, 6.45) is 0. The third-order valence-electron chi connectivity index (χ3n) is 4.01. The molecule has 26 heavy (non-hydrogen) atoms. The Hall–Kier alpha value is -3.08. The minimum atomic E-state index is 0.735. The fraction of sp³-hybridized carbons (Fsp3) is 0.238. The number of nitrogens with one attached hydrogen (secondary N) is 1. The molecule has 3 aromatic rings. The number of para-hydroxylation sites is 3. The zero-order chi connectivity index (χ0) is 18.4. The molecule has 0 saturated carbocycles. The van der Waals surface area contributed by atoms with Gasteiger partial charge in [-0.25, -0.2) is 4.98 Å². The highest BCUT2D eigenvalue weighted by Crippen LogP contribution is 2.31. The van der Waals surface area contributed by atoms with Crippen LogP contribution >= 0.6 is 0 Å². The topological polar surface area (TPSA) is 50.3 Å². The Kier molecular flexibility index (Phi) is 5.69. The quantitative estimate of drug-likeness (QED) is 0.638. The van der Waals surface area contributed by atoms with E-state index in [0.717, 1.165) is 47.7 Å². The SMILES string of the molecule is CCN(CC)c1nc(C)cc(Nc2ccccc2Oc2ccccc2)n1. The van der Waals surface area contributed by atoms with Crippen LogP contribution in [0.2, 0.25) is 0 Å². The zero-order valence-corrected chi connectivity index (χ0v) is 15.4. The van der Waals surface area contributed by atoms with Crippen molar-refractivity contribution in [3.63, 3.8) is 0 Å². The monoisotopic (exact) mass is 348 g/mol. The molecule has 0 fully saturated rings. The Morgan fingerprint density at radius 3 is 2.35 bits per heavy atom. The van der Waals surface area contributed by atoms with Gasteiger partial charge in [0.25, 0.3) is 0 Å². The first kappa shape index (κ1) is 17.7. The van der Waals surface area contributed by atoms with E-state index in [-0.39, 0.29) is 0 Å². The van der Waals surface area contributed by atoms with Crippen LogP contribution < -0.4 is 15.0 Å². The number of hydrogen-bond donors (Lipinski definition) is 1. The average Bonchev–Trinajstić information content (AvgIpc) is 2.65. The molecular formula is C21H24N4O. The second-order valence-electron chi connectivity index (χ2n) is 5.90. The molecule has 3 rings (SSSR count). The number of aromatic nitrogens is 2. The summed E-state index contributed by atoms with van der Waals surface area (Å²) in [5.41, 5.74) is 1.78. The van der Waals surface area contributed by atoms with Gasteiger partial charge in [-0.2, -0.15) is 4.98 Å². The van der Waals surface area contributed by atoms with Gasteiger partial charge in [0.15, 0.2) is 5.75 Å². The van der Waals surface area contributed by atoms with E-state index in [0.29, 0.717) is 0 Å². The number of benzene rings is 2. The van der Waals surface area contributed by atoms with Crippen LogP contribution in [0.25, 0.3) is 0 Å². The number of ether oxygens (including phenoxy) is 1. The molecule has 0 saturated heterocycles. The summed E-state index contributed by atoms with van der Waals surface area (Å²) >= 11 is 0. The Bertz CT molecular complexity index is 848. The van der Waals surface area contributed by atoms with Crippen molar-refractivity contribution in [3.8, 4) is 11.5 Å². The number of rotatable bonds is 7. The maximum Gasteiger partial charge on any atom is 0.227 e. The molecule has 0 unspecified atom stereocenters. The van der Waals surface area contributed by atoms with E-state index in [1.165, 1.54) is 0 Å². The first-order valence-corrected chi connectivity index (χ1v) is 8.89. The molecule has 0 radical (unpaired) electrons. The summed E-state index contributed by atoms with van der Waals surface area (Å²) in [5.74, 6) is 3.03. The van der Waals surface area contributed by atoms with Crippen LogP contribution in [0.5, 0.6) is 11.5 Å². The van der Waals surface area contributed by atoms with Gasteiger partial charge < -0.3 is 15.0 Å². The minimum absolute atomic E-state index is 0.735. The third kappa shape index (κ3) is 4.30. The lowest BCUT2D eigenvalue weighted by Crippen LogP contribution is -2.24. The van der Waals surface area contributed by atoms with Gasteiger partial charge in [0.05, 0.1) is 5.69 Å². The lowest BCUT2D eigenvalue weighted by atomic mass is 10.2. The van der Waals surface area contributed by atoms with Crippen molar-refractivity contribution in [2.75, 3.05) is 23.3 Å². The van der Waals surface area contributed by atoms with Crippen molar-refractivity contribution in [1.82, 2.24) is 9.97 Å². The minimum Gasteiger partial charge on any atom is -0.455 e.